The lowest BCUT2D eigenvalue weighted by atomic mass is 10.0. The predicted octanol–water partition coefficient (Wildman–Crippen LogP) is 3.52. The highest BCUT2D eigenvalue weighted by atomic mass is 19.1. The largest absolute Gasteiger partial charge is 0.479 e. The van der Waals surface area contributed by atoms with Gasteiger partial charge in [0.1, 0.15) is 5.82 Å². The molecule has 0 unspecified atom stereocenters. The molecular formula is C20H19FN4O3. The molecule has 144 valence electrons. The third kappa shape index (κ3) is 3.21. The van der Waals surface area contributed by atoms with Gasteiger partial charge >= 0.3 is 5.97 Å². The van der Waals surface area contributed by atoms with Crippen LogP contribution >= 0.6 is 0 Å². The number of carboxylic acids is 1. The number of carbonyl (C=O) groups is 2. The summed E-state index contributed by atoms with van der Waals surface area (Å²) in [5, 5.41) is 16.5. The molecule has 2 heterocycles. The zero-order chi connectivity index (χ0) is 20.1. The molecule has 1 aliphatic carbocycles. The zero-order valence-electron chi connectivity index (χ0n) is 15.4. The normalized spacial score (nSPS) is 14.2. The number of rotatable bonds is 5. The molecule has 1 saturated carbocycles. The van der Waals surface area contributed by atoms with Gasteiger partial charge in [0.25, 0.3) is 5.91 Å². The van der Waals surface area contributed by atoms with Gasteiger partial charge in [-0.15, -0.1) is 0 Å². The lowest BCUT2D eigenvalue weighted by Crippen LogP contribution is -2.35. The van der Waals surface area contributed by atoms with Crippen LogP contribution in [0.5, 0.6) is 0 Å². The second-order valence-electron chi connectivity index (χ2n) is 7.52. The standard InChI is InChI=1S/C20H19FN4O3/c1-20(2,19(27)28)25-10-13(9-22-25)23-18(26)15-8-17(11-3-4-11)24-16-6-5-12(21)7-14(15)16/h5-11H,3-4H2,1-2H3,(H,23,26)(H,27,28). The Morgan fingerprint density at radius 1 is 1.29 bits per heavy atom. The number of nitrogens with zero attached hydrogens (tertiary/aromatic N) is 3. The van der Waals surface area contributed by atoms with E-state index < -0.39 is 23.2 Å². The number of hydrogen-bond acceptors (Lipinski definition) is 4. The van der Waals surface area contributed by atoms with Gasteiger partial charge in [-0.1, -0.05) is 0 Å². The molecule has 0 aliphatic heterocycles. The number of aliphatic carboxylic acids is 1. The molecule has 1 aromatic carbocycles. The van der Waals surface area contributed by atoms with E-state index in [1.807, 2.05) is 0 Å². The Morgan fingerprint density at radius 2 is 2.04 bits per heavy atom. The van der Waals surface area contributed by atoms with E-state index >= 15 is 0 Å². The monoisotopic (exact) mass is 382 g/mol. The molecule has 2 aromatic heterocycles. The van der Waals surface area contributed by atoms with Crippen molar-refractivity contribution in [3.8, 4) is 0 Å². The topological polar surface area (TPSA) is 97.1 Å². The fourth-order valence-electron chi connectivity index (χ4n) is 2.98. The molecule has 1 amide bonds. The Morgan fingerprint density at radius 3 is 2.71 bits per heavy atom. The number of anilines is 1. The molecule has 2 N–H and O–H groups in total. The minimum absolute atomic E-state index is 0.330. The van der Waals surface area contributed by atoms with Crippen LogP contribution in [-0.2, 0) is 10.3 Å². The Kier molecular flexibility index (Phi) is 4.14. The van der Waals surface area contributed by atoms with Gasteiger partial charge in [-0.3, -0.25) is 14.5 Å². The number of hydrogen-bond donors (Lipinski definition) is 2. The van der Waals surface area contributed by atoms with E-state index in [1.165, 1.54) is 43.1 Å². The second kappa shape index (κ2) is 6.40. The third-order valence-electron chi connectivity index (χ3n) is 4.97. The lowest BCUT2D eigenvalue weighted by molar-refractivity contribution is -0.146. The molecule has 28 heavy (non-hydrogen) atoms. The summed E-state index contributed by atoms with van der Waals surface area (Å²) in [6.07, 6.45) is 4.89. The van der Waals surface area contributed by atoms with Crippen molar-refractivity contribution in [3.05, 3.63) is 53.7 Å². The Balaban J connectivity index is 1.68. The van der Waals surface area contributed by atoms with Crippen molar-refractivity contribution < 1.29 is 19.1 Å². The van der Waals surface area contributed by atoms with Crippen LogP contribution in [0.2, 0.25) is 0 Å². The van der Waals surface area contributed by atoms with E-state index in [0.717, 1.165) is 18.5 Å². The Hall–Kier alpha value is -3.29. The van der Waals surface area contributed by atoms with Crippen molar-refractivity contribution in [1.82, 2.24) is 14.8 Å². The van der Waals surface area contributed by atoms with Crippen molar-refractivity contribution in [1.29, 1.82) is 0 Å². The summed E-state index contributed by atoms with van der Waals surface area (Å²) in [6.45, 7) is 3.02. The summed E-state index contributed by atoms with van der Waals surface area (Å²) in [4.78, 5) is 28.8. The van der Waals surface area contributed by atoms with Crippen LogP contribution in [0.1, 0.15) is 48.7 Å². The molecule has 0 radical (unpaired) electrons. The highest BCUT2D eigenvalue weighted by Crippen LogP contribution is 2.40. The minimum Gasteiger partial charge on any atom is -0.479 e. The van der Waals surface area contributed by atoms with Gasteiger partial charge in [0.2, 0.25) is 0 Å². The van der Waals surface area contributed by atoms with Gasteiger partial charge in [0.05, 0.1) is 23.0 Å². The third-order valence-corrected chi connectivity index (χ3v) is 4.97. The number of carboxylic acid groups (broad SMARTS) is 1. The first-order valence-corrected chi connectivity index (χ1v) is 8.96. The van der Waals surface area contributed by atoms with E-state index in [9.17, 15) is 19.1 Å². The first-order valence-electron chi connectivity index (χ1n) is 8.96. The van der Waals surface area contributed by atoms with Gasteiger partial charge < -0.3 is 10.4 Å². The molecule has 0 atom stereocenters. The molecular weight excluding hydrogens is 363 g/mol. The van der Waals surface area contributed by atoms with Crippen molar-refractivity contribution in [3.63, 3.8) is 0 Å². The second-order valence-corrected chi connectivity index (χ2v) is 7.52. The number of carbonyl (C=O) groups excluding carboxylic acids is 1. The summed E-state index contributed by atoms with van der Waals surface area (Å²) in [7, 11) is 0. The fourth-order valence-corrected chi connectivity index (χ4v) is 2.98. The van der Waals surface area contributed by atoms with E-state index in [4.69, 9.17) is 0 Å². The van der Waals surface area contributed by atoms with Crippen LogP contribution in [0.15, 0.2) is 36.7 Å². The Bertz CT molecular complexity index is 1100. The van der Waals surface area contributed by atoms with Crippen LogP contribution in [0.4, 0.5) is 10.1 Å². The van der Waals surface area contributed by atoms with Gasteiger partial charge in [0, 0.05) is 23.2 Å². The average Bonchev–Trinajstić information content (AvgIpc) is 3.39. The van der Waals surface area contributed by atoms with Gasteiger partial charge in [-0.05, 0) is 51.0 Å². The highest BCUT2D eigenvalue weighted by molar-refractivity contribution is 6.12. The molecule has 0 saturated heterocycles. The van der Waals surface area contributed by atoms with Crippen molar-refractivity contribution in [2.45, 2.75) is 38.1 Å². The minimum atomic E-state index is -1.26. The lowest BCUT2D eigenvalue weighted by Gasteiger charge is -2.19. The van der Waals surface area contributed by atoms with E-state index in [-0.39, 0.29) is 0 Å². The highest BCUT2D eigenvalue weighted by Gasteiger charge is 2.31. The number of fused-ring (bicyclic) bond motifs is 1. The van der Waals surface area contributed by atoms with Crippen LogP contribution in [-0.4, -0.2) is 31.7 Å². The summed E-state index contributed by atoms with van der Waals surface area (Å²) in [5.74, 6) is -1.58. The van der Waals surface area contributed by atoms with E-state index in [0.29, 0.717) is 28.1 Å². The first-order chi connectivity index (χ1) is 13.3. The maximum absolute atomic E-state index is 13.8. The van der Waals surface area contributed by atoms with Crippen LogP contribution in [0.25, 0.3) is 10.9 Å². The molecule has 1 fully saturated rings. The van der Waals surface area contributed by atoms with E-state index in [2.05, 4.69) is 15.4 Å². The fraction of sp³-hybridized carbons (Fsp3) is 0.300. The van der Waals surface area contributed by atoms with E-state index in [1.54, 1.807) is 12.1 Å². The smallest absolute Gasteiger partial charge is 0.331 e. The molecule has 0 spiro atoms. The quantitative estimate of drug-likeness (QED) is 0.704. The van der Waals surface area contributed by atoms with Crippen molar-refractivity contribution >= 4 is 28.5 Å². The van der Waals surface area contributed by atoms with Gasteiger partial charge in [-0.25, -0.2) is 9.18 Å². The maximum Gasteiger partial charge on any atom is 0.331 e. The number of halogens is 1. The number of nitrogens with one attached hydrogen (secondary N) is 1. The Labute approximate surface area is 160 Å². The maximum atomic E-state index is 13.8. The van der Waals surface area contributed by atoms with Crippen molar-refractivity contribution in [2.75, 3.05) is 5.32 Å². The zero-order valence-corrected chi connectivity index (χ0v) is 15.4. The molecule has 0 bridgehead atoms. The molecule has 8 heteroatoms. The molecule has 3 aromatic rings. The molecule has 1 aliphatic rings. The summed E-state index contributed by atoms with van der Waals surface area (Å²) < 4.78 is 15.0. The number of amides is 1. The molecule has 7 nitrogen and oxygen atoms in total. The van der Waals surface area contributed by atoms with Gasteiger partial charge in [0.15, 0.2) is 5.54 Å². The first kappa shape index (κ1) is 18.1. The predicted molar refractivity (Wildman–Crippen MR) is 101 cm³/mol. The summed E-state index contributed by atoms with van der Waals surface area (Å²) in [5.41, 5.74) is 0.824. The van der Waals surface area contributed by atoms with Crippen LogP contribution in [0.3, 0.4) is 0 Å². The van der Waals surface area contributed by atoms with Crippen LogP contribution < -0.4 is 5.32 Å². The summed E-state index contributed by atoms with van der Waals surface area (Å²) >= 11 is 0. The SMILES string of the molecule is CC(C)(C(=O)O)n1cc(NC(=O)c2cc(C3CC3)nc3ccc(F)cc23)cn1. The number of aromatic nitrogens is 3. The number of benzene rings is 1. The van der Waals surface area contributed by atoms with Crippen molar-refractivity contribution in [2.24, 2.45) is 0 Å². The summed E-state index contributed by atoms with van der Waals surface area (Å²) in [6, 6.07) is 5.90. The number of pyridine rings is 1. The average molecular weight is 382 g/mol. The van der Waals surface area contributed by atoms with Gasteiger partial charge in [-0.2, -0.15) is 5.10 Å². The van der Waals surface area contributed by atoms with Crippen LogP contribution in [0, 0.1) is 5.82 Å². The molecule has 4 rings (SSSR count).